The van der Waals surface area contributed by atoms with E-state index in [0.717, 1.165) is 29.3 Å². The van der Waals surface area contributed by atoms with E-state index < -0.39 is 0 Å². The van der Waals surface area contributed by atoms with Crippen LogP contribution in [0.15, 0.2) is 36.4 Å². The maximum Gasteiger partial charge on any atom is 0.161 e. The van der Waals surface area contributed by atoms with Crippen LogP contribution in [0.1, 0.15) is 30.5 Å². The summed E-state index contributed by atoms with van der Waals surface area (Å²) >= 11 is 0. The lowest BCUT2D eigenvalue weighted by Crippen LogP contribution is -2.07. The van der Waals surface area contributed by atoms with Crippen LogP contribution < -0.4 is 14.8 Å². The summed E-state index contributed by atoms with van der Waals surface area (Å²) in [6.07, 6.45) is 0.133. The molecule has 0 spiro atoms. The van der Waals surface area contributed by atoms with Gasteiger partial charge < -0.3 is 14.8 Å². The lowest BCUT2D eigenvalue weighted by atomic mass is 10.1. The largest absolute Gasteiger partial charge is 0.493 e. The Morgan fingerprint density at radius 1 is 0.955 bits per heavy atom. The van der Waals surface area contributed by atoms with Crippen molar-refractivity contribution >= 4 is 5.69 Å². The van der Waals surface area contributed by atoms with Crippen LogP contribution in [0, 0.1) is 13.8 Å². The average molecular weight is 299 g/mol. The SMILES string of the molecule is COc1cc(CNc2ccc(C)c(C)c2)ccc1OC(C)C. The van der Waals surface area contributed by atoms with E-state index in [1.807, 2.05) is 26.0 Å². The monoisotopic (exact) mass is 299 g/mol. The smallest absolute Gasteiger partial charge is 0.161 e. The Morgan fingerprint density at radius 2 is 1.73 bits per heavy atom. The van der Waals surface area contributed by atoms with Crippen molar-refractivity contribution in [2.75, 3.05) is 12.4 Å². The van der Waals surface area contributed by atoms with Crippen LogP contribution in [0.4, 0.5) is 5.69 Å². The molecule has 0 saturated carbocycles. The molecule has 0 amide bonds. The molecular weight excluding hydrogens is 274 g/mol. The van der Waals surface area contributed by atoms with Crippen molar-refractivity contribution < 1.29 is 9.47 Å². The van der Waals surface area contributed by atoms with Gasteiger partial charge in [-0.15, -0.1) is 0 Å². The van der Waals surface area contributed by atoms with E-state index in [4.69, 9.17) is 9.47 Å². The third kappa shape index (κ3) is 4.17. The number of rotatable bonds is 6. The van der Waals surface area contributed by atoms with Crippen molar-refractivity contribution in [1.82, 2.24) is 0 Å². The summed E-state index contributed by atoms with van der Waals surface area (Å²) in [4.78, 5) is 0. The Morgan fingerprint density at radius 3 is 2.36 bits per heavy atom. The highest BCUT2D eigenvalue weighted by molar-refractivity contribution is 5.49. The summed E-state index contributed by atoms with van der Waals surface area (Å²) in [6, 6.07) is 12.5. The molecule has 0 atom stereocenters. The Balaban J connectivity index is 2.08. The van der Waals surface area contributed by atoms with E-state index in [1.54, 1.807) is 7.11 Å². The fraction of sp³-hybridized carbons (Fsp3) is 0.368. The van der Waals surface area contributed by atoms with E-state index >= 15 is 0 Å². The van der Waals surface area contributed by atoms with E-state index in [9.17, 15) is 0 Å². The van der Waals surface area contributed by atoms with Gasteiger partial charge in [-0.3, -0.25) is 0 Å². The first-order valence-electron chi connectivity index (χ1n) is 7.64. The number of benzene rings is 2. The minimum absolute atomic E-state index is 0.133. The first-order chi connectivity index (χ1) is 10.5. The maximum atomic E-state index is 5.74. The van der Waals surface area contributed by atoms with Crippen LogP contribution in [-0.4, -0.2) is 13.2 Å². The van der Waals surface area contributed by atoms with E-state index in [-0.39, 0.29) is 6.10 Å². The quantitative estimate of drug-likeness (QED) is 0.838. The van der Waals surface area contributed by atoms with Crippen LogP contribution in [-0.2, 0) is 6.54 Å². The lowest BCUT2D eigenvalue weighted by molar-refractivity contribution is 0.230. The highest BCUT2D eigenvalue weighted by Gasteiger charge is 2.07. The van der Waals surface area contributed by atoms with Gasteiger partial charge in [0.25, 0.3) is 0 Å². The zero-order valence-electron chi connectivity index (χ0n) is 14.1. The van der Waals surface area contributed by atoms with Gasteiger partial charge in [0.15, 0.2) is 11.5 Å². The zero-order valence-corrected chi connectivity index (χ0v) is 14.1. The molecule has 2 aromatic carbocycles. The highest BCUT2D eigenvalue weighted by atomic mass is 16.5. The van der Waals surface area contributed by atoms with Crippen LogP contribution in [0.5, 0.6) is 11.5 Å². The van der Waals surface area contributed by atoms with Crippen molar-refractivity contribution in [3.63, 3.8) is 0 Å². The predicted octanol–water partition coefficient (Wildman–Crippen LogP) is 4.71. The first-order valence-corrected chi connectivity index (χ1v) is 7.64. The summed E-state index contributed by atoms with van der Waals surface area (Å²) in [5.41, 5.74) is 4.89. The van der Waals surface area contributed by atoms with Crippen LogP contribution in [0.25, 0.3) is 0 Å². The van der Waals surface area contributed by atoms with Crippen molar-refractivity contribution in [2.45, 2.75) is 40.3 Å². The number of nitrogens with one attached hydrogen (secondary N) is 1. The molecule has 22 heavy (non-hydrogen) atoms. The first kappa shape index (κ1) is 16.2. The number of hydrogen-bond acceptors (Lipinski definition) is 3. The molecule has 0 bridgehead atoms. The van der Waals surface area contributed by atoms with Crippen molar-refractivity contribution in [1.29, 1.82) is 0 Å². The number of hydrogen-bond donors (Lipinski definition) is 1. The molecule has 3 nitrogen and oxygen atoms in total. The normalized spacial score (nSPS) is 10.6. The van der Waals surface area contributed by atoms with Crippen molar-refractivity contribution in [3.05, 3.63) is 53.1 Å². The Kier molecular flexibility index (Phi) is 5.31. The van der Waals surface area contributed by atoms with E-state index in [2.05, 4.69) is 43.4 Å². The third-order valence-electron chi connectivity index (χ3n) is 3.59. The number of ether oxygens (including phenoxy) is 2. The molecule has 2 aromatic rings. The molecule has 3 heteroatoms. The van der Waals surface area contributed by atoms with Gasteiger partial charge in [-0.2, -0.15) is 0 Å². The molecule has 118 valence electrons. The van der Waals surface area contributed by atoms with E-state index in [0.29, 0.717) is 0 Å². The fourth-order valence-corrected chi connectivity index (χ4v) is 2.23. The Bertz CT molecular complexity index is 635. The van der Waals surface area contributed by atoms with Crippen LogP contribution >= 0.6 is 0 Å². The molecule has 0 unspecified atom stereocenters. The number of anilines is 1. The molecule has 0 aromatic heterocycles. The van der Waals surface area contributed by atoms with Gasteiger partial charge in [-0.25, -0.2) is 0 Å². The standard InChI is InChI=1S/C19H25NO2/c1-13(2)22-18-9-7-16(11-19(18)21-5)12-20-17-8-6-14(3)15(4)10-17/h6-11,13,20H,12H2,1-5H3. The number of methoxy groups -OCH3 is 1. The predicted molar refractivity (Wildman–Crippen MR) is 92.0 cm³/mol. The van der Waals surface area contributed by atoms with Gasteiger partial charge in [0.05, 0.1) is 13.2 Å². The van der Waals surface area contributed by atoms with Crippen LogP contribution in [0.2, 0.25) is 0 Å². The van der Waals surface area contributed by atoms with Gasteiger partial charge in [0, 0.05) is 12.2 Å². The van der Waals surface area contributed by atoms with Crippen molar-refractivity contribution in [3.8, 4) is 11.5 Å². The second-order valence-electron chi connectivity index (χ2n) is 5.80. The summed E-state index contributed by atoms with van der Waals surface area (Å²) in [7, 11) is 1.67. The number of aryl methyl sites for hydroxylation is 2. The van der Waals surface area contributed by atoms with Gasteiger partial charge >= 0.3 is 0 Å². The molecule has 0 fully saturated rings. The molecule has 0 saturated heterocycles. The van der Waals surface area contributed by atoms with E-state index in [1.165, 1.54) is 11.1 Å². The fourth-order valence-electron chi connectivity index (χ4n) is 2.23. The summed E-state index contributed by atoms with van der Waals surface area (Å²) in [5.74, 6) is 1.56. The molecule has 0 aliphatic rings. The molecule has 1 N–H and O–H groups in total. The molecular formula is C19H25NO2. The maximum absolute atomic E-state index is 5.74. The highest BCUT2D eigenvalue weighted by Crippen LogP contribution is 2.29. The summed E-state index contributed by atoms with van der Waals surface area (Å²) in [6.45, 7) is 9.02. The van der Waals surface area contributed by atoms with Crippen LogP contribution in [0.3, 0.4) is 0 Å². The lowest BCUT2D eigenvalue weighted by Gasteiger charge is -2.15. The van der Waals surface area contributed by atoms with Crippen molar-refractivity contribution in [2.24, 2.45) is 0 Å². The second kappa shape index (κ2) is 7.21. The molecule has 0 heterocycles. The molecule has 2 rings (SSSR count). The van der Waals surface area contributed by atoms with Gasteiger partial charge in [0.2, 0.25) is 0 Å². The van der Waals surface area contributed by atoms with Gasteiger partial charge in [-0.05, 0) is 68.7 Å². The topological polar surface area (TPSA) is 30.5 Å². The second-order valence-corrected chi connectivity index (χ2v) is 5.80. The minimum Gasteiger partial charge on any atom is -0.493 e. The summed E-state index contributed by atoms with van der Waals surface area (Å²) < 4.78 is 11.2. The Hall–Kier alpha value is -2.16. The van der Waals surface area contributed by atoms with Gasteiger partial charge in [-0.1, -0.05) is 12.1 Å². The van der Waals surface area contributed by atoms with Gasteiger partial charge in [0.1, 0.15) is 0 Å². The third-order valence-corrected chi connectivity index (χ3v) is 3.59. The minimum atomic E-state index is 0.133. The molecule has 0 aliphatic carbocycles. The summed E-state index contributed by atoms with van der Waals surface area (Å²) in [5, 5.41) is 3.44. The molecule has 0 aliphatic heterocycles. The zero-order chi connectivity index (χ0) is 16.1. The Labute approximate surface area is 133 Å². The molecule has 0 radical (unpaired) electrons. The average Bonchev–Trinajstić information content (AvgIpc) is 2.49.